The molecule has 0 unspecified atom stereocenters. The molecule has 34 heavy (non-hydrogen) atoms. The van der Waals surface area contributed by atoms with Gasteiger partial charge in [0.25, 0.3) is 17.3 Å². The van der Waals surface area contributed by atoms with Gasteiger partial charge in [0, 0.05) is 29.4 Å². The molecule has 5 aromatic rings. The fourth-order valence-corrected chi connectivity index (χ4v) is 3.54. The average Bonchev–Trinajstić information content (AvgIpc) is 3.52. The third kappa shape index (κ3) is 4.24. The summed E-state index contributed by atoms with van der Waals surface area (Å²) in [6.45, 7) is 0.366. The van der Waals surface area contributed by atoms with E-state index in [1.54, 1.807) is 12.1 Å². The molecule has 0 N–H and O–H groups in total. The number of nitro groups is 1. The van der Waals surface area contributed by atoms with Gasteiger partial charge in [-0.1, -0.05) is 77.0 Å². The highest BCUT2D eigenvalue weighted by Crippen LogP contribution is 2.36. The molecular formula is C24H18N6O4. The Labute approximate surface area is 193 Å². The van der Waals surface area contributed by atoms with Gasteiger partial charge >= 0.3 is 0 Å². The van der Waals surface area contributed by atoms with Crippen molar-refractivity contribution in [2.75, 3.05) is 6.61 Å². The molecule has 10 nitrogen and oxygen atoms in total. The maximum Gasteiger partial charge on any atom is 0.285 e. The summed E-state index contributed by atoms with van der Waals surface area (Å²) in [5.41, 5.74) is 3.25. The van der Waals surface area contributed by atoms with E-state index in [-0.39, 0.29) is 17.3 Å². The van der Waals surface area contributed by atoms with Crippen LogP contribution in [-0.4, -0.2) is 36.9 Å². The van der Waals surface area contributed by atoms with Crippen molar-refractivity contribution in [3.63, 3.8) is 0 Å². The van der Waals surface area contributed by atoms with Crippen LogP contribution in [0, 0.1) is 10.1 Å². The van der Waals surface area contributed by atoms with Crippen LogP contribution < -0.4 is 4.74 Å². The highest BCUT2D eigenvalue weighted by Gasteiger charge is 2.26. The molecule has 0 aliphatic rings. The molecule has 0 fully saturated rings. The average molecular weight is 454 g/mol. The van der Waals surface area contributed by atoms with Crippen molar-refractivity contribution >= 4 is 5.69 Å². The van der Waals surface area contributed by atoms with Crippen molar-refractivity contribution in [2.45, 2.75) is 6.42 Å². The SMILES string of the molecule is O=[N+]([O-])c1cccc(-n2nnc(-c3onnc3OCCc3ccccc3)c2-c2ccccc2)c1. The Hall–Kier alpha value is -4.86. The molecule has 0 aliphatic heterocycles. The first kappa shape index (κ1) is 21.0. The van der Waals surface area contributed by atoms with E-state index in [0.29, 0.717) is 30.1 Å². The topological polar surface area (TPSA) is 122 Å². The van der Waals surface area contributed by atoms with Crippen LogP contribution in [0.15, 0.2) is 89.5 Å². The van der Waals surface area contributed by atoms with E-state index in [4.69, 9.17) is 9.26 Å². The molecule has 3 aromatic carbocycles. The third-order valence-corrected chi connectivity index (χ3v) is 5.15. The van der Waals surface area contributed by atoms with E-state index in [1.807, 2.05) is 60.7 Å². The van der Waals surface area contributed by atoms with Crippen molar-refractivity contribution in [2.24, 2.45) is 0 Å². The zero-order chi connectivity index (χ0) is 23.3. The molecule has 0 spiro atoms. The van der Waals surface area contributed by atoms with Gasteiger partial charge in [-0.05, 0) is 11.6 Å². The number of nitro benzene ring substituents is 1. The number of ether oxygens (including phenoxy) is 1. The summed E-state index contributed by atoms with van der Waals surface area (Å²) in [4.78, 5) is 10.8. The predicted octanol–water partition coefficient (Wildman–Crippen LogP) is 4.51. The van der Waals surface area contributed by atoms with Crippen molar-refractivity contribution in [1.82, 2.24) is 25.4 Å². The zero-order valence-electron chi connectivity index (χ0n) is 17.8. The van der Waals surface area contributed by atoms with Crippen molar-refractivity contribution in [3.8, 4) is 34.3 Å². The summed E-state index contributed by atoms with van der Waals surface area (Å²) in [6.07, 6.45) is 0.680. The smallest absolute Gasteiger partial charge is 0.285 e. The number of aromatic nitrogens is 5. The lowest BCUT2D eigenvalue weighted by molar-refractivity contribution is -0.384. The third-order valence-electron chi connectivity index (χ3n) is 5.15. The minimum Gasteiger partial charge on any atom is -0.473 e. The van der Waals surface area contributed by atoms with Crippen LogP contribution in [0.2, 0.25) is 0 Å². The predicted molar refractivity (Wildman–Crippen MR) is 122 cm³/mol. The molecule has 0 atom stereocenters. The van der Waals surface area contributed by atoms with Gasteiger partial charge in [-0.2, -0.15) is 0 Å². The lowest BCUT2D eigenvalue weighted by atomic mass is 10.1. The summed E-state index contributed by atoms with van der Waals surface area (Å²) in [7, 11) is 0. The minimum atomic E-state index is -0.456. The fourth-order valence-electron chi connectivity index (χ4n) is 3.54. The van der Waals surface area contributed by atoms with Crippen LogP contribution in [-0.2, 0) is 6.42 Å². The Bertz CT molecular complexity index is 1420. The number of benzene rings is 3. The van der Waals surface area contributed by atoms with Gasteiger partial charge in [-0.25, -0.2) is 4.68 Å². The number of non-ortho nitro benzene ring substituents is 1. The van der Waals surface area contributed by atoms with Gasteiger partial charge in [0.05, 0.1) is 17.2 Å². The first-order chi connectivity index (χ1) is 16.7. The van der Waals surface area contributed by atoms with Crippen LogP contribution in [0.5, 0.6) is 5.88 Å². The van der Waals surface area contributed by atoms with Crippen molar-refractivity contribution in [3.05, 3.63) is 101 Å². The first-order valence-electron chi connectivity index (χ1n) is 10.5. The maximum absolute atomic E-state index is 11.3. The van der Waals surface area contributed by atoms with E-state index < -0.39 is 4.92 Å². The van der Waals surface area contributed by atoms with Crippen molar-refractivity contribution < 1.29 is 14.2 Å². The van der Waals surface area contributed by atoms with E-state index in [2.05, 4.69) is 20.7 Å². The largest absolute Gasteiger partial charge is 0.473 e. The molecular weight excluding hydrogens is 436 g/mol. The monoisotopic (exact) mass is 454 g/mol. The van der Waals surface area contributed by atoms with Crippen LogP contribution >= 0.6 is 0 Å². The summed E-state index contributed by atoms with van der Waals surface area (Å²) < 4.78 is 12.8. The molecule has 168 valence electrons. The quantitative estimate of drug-likeness (QED) is 0.248. The van der Waals surface area contributed by atoms with Crippen LogP contribution in [0.4, 0.5) is 5.69 Å². The molecule has 0 bridgehead atoms. The fraction of sp³-hybridized carbons (Fsp3) is 0.0833. The first-order valence-corrected chi connectivity index (χ1v) is 10.5. The Kier molecular flexibility index (Phi) is 5.76. The lowest BCUT2D eigenvalue weighted by Crippen LogP contribution is -2.03. The van der Waals surface area contributed by atoms with Gasteiger partial charge < -0.3 is 9.26 Å². The summed E-state index contributed by atoms with van der Waals surface area (Å²) in [5.74, 6) is 0.419. The number of hydrogen-bond acceptors (Lipinski definition) is 8. The van der Waals surface area contributed by atoms with E-state index in [1.165, 1.54) is 16.8 Å². The minimum absolute atomic E-state index is 0.0557. The van der Waals surface area contributed by atoms with Gasteiger partial charge in [0.15, 0.2) is 5.69 Å². The van der Waals surface area contributed by atoms with E-state index in [0.717, 1.165) is 11.1 Å². The number of nitrogens with zero attached hydrogens (tertiary/aromatic N) is 6. The molecule has 0 saturated carbocycles. The maximum atomic E-state index is 11.3. The molecule has 2 heterocycles. The lowest BCUT2D eigenvalue weighted by Gasteiger charge is -2.08. The van der Waals surface area contributed by atoms with E-state index in [9.17, 15) is 10.1 Å². The highest BCUT2D eigenvalue weighted by atomic mass is 16.6. The number of hydrogen-bond donors (Lipinski definition) is 0. The van der Waals surface area contributed by atoms with Gasteiger partial charge in [0.1, 0.15) is 5.69 Å². The standard InChI is InChI=1S/C24H18N6O4/c31-30(32)20-13-7-12-19(16-20)29-22(18-10-5-2-6-11-18)21(25-27-29)23-24(26-28-34-23)33-15-14-17-8-3-1-4-9-17/h1-13,16H,14-15H2. The Morgan fingerprint density at radius 1 is 0.941 bits per heavy atom. The Morgan fingerprint density at radius 2 is 1.71 bits per heavy atom. The zero-order valence-corrected chi connectivity index (χ0v) is 17.8. The second-order valence-corrected chi connectivity index (χ2v) is 7.33. The second kappa shape index (κ2) is 9.33. The van der Waals surface area contributed by atoms with Crippen molar-refractivity contribution in [1.29, 1.82) is 0 Å². The summed E-state index contributed by atoms with van der Waals surface area (Å²) in [5, 5.41) is 27.5. The van der Waals surface area contributed by atoms with Crippen LogP contribution in [0.3, 0.4) is 0 Å². The molecule has 0 aliphatic carbocycles. The summed E-state index contributed by atoms with van der Waals surface area (Å²) >= 11 is 0. The highest BCUT2D eigenvalue weighted by molar-refractivity contribution is 5.78. The Balaban J connectivity index is 1.53. The molecule has 0 saturated heterocycles. The Morgan fingerprint density at radius 3 is 2.47 bits per heavy atom. The normalized spacial score (nSPS) is 10.8. The van der Waals surface area contributed by atoms with Gasteiger partial charge in [0.2, 0.25) is 0 Å². The molecule has 0 radical (unpaired) electrons. The number of rotatable bonds is 8. The van der Waals surface area contributed by atoms with Crippen LogP contribution in [0.1, 0.15) is 5.56 Å². The second-order valence-electron chi connectivity index (χ2n) is 7.33. The van der Waals surface area contributed by atoms with E-state index >= 15 is 0 Å². The summed E-state index contributed by atoms with van der Waals surface area (Å²) in [6, 6.07) is 25.5. The van der Waals surface area contributed by atoms with Crippen LogP contribution in [0.25, 0.3) is 28.4 Å². The van der Waals surface area contributed by atoms with Gasteiger partial charge in [-0.15, -0.1) is 5.10 Å². The molecule has 10 heteroatoms. The molecule has 0 amide bonds. The molecule has 5 rings (SSSR count). The van der Waals surface area contributed by atoms with Gasteiger partial charge in [-0.3, -0.25) is 10.1 Å². The molecule has 2 aromatic heterocycles.